The van der Waals surface area contributed by atoms with Gasteiger partial charge in [0.1, 0.15) is 10.8 Å². The van der Waals surface area contributed by atoms with Gasteiger partial charge in [0, 0.05) is 41.0 Å². The Morgan fingerprint density at radius 2 is 2.03 bits per heavy atom. The lowest BCUT2D eigenvalue weighted by atomic mass is 9.97. The number of pyridine rings is 2. The van der Waals surface area contributed by atoms with Gasteiger partial charge in [0.25, 0.3) is 5.56 Å². The predicted molar refractivity (Wildman–Crippen MR) is 152 cm³/mol. The quantitative estimate of drug-likeness (QED) is 0.276. The third-order valence-corrected chi connectivity index (χ3v) is 7.76. The van der Waals surface area contributed by atoms with Crippen LogP contribution in [-0.4, -0.2) is 49.2 Å². The maximum Gasteiger partial charge on any atom is 0.259 e. The summed E-state index contributed by atoms with van der Waals surface area (Å²) in [6, 6.07) is 9.68. The van der Waals surface area contributed by atoms with Crippen molar-refractivity contribution < 1.29 is 0 Å². The van der Waals surface area contributed by atoms with E-state index in [2.05, 4.69) is 31.9 Å². The number of aromatic amines is 1. The first-order valence-electron chi connectivity index (χ1n) is 13.0. The summed E-state index contributed by atoms with van der Waals surface area (Å²) in [4.78, 5) is 18.1. The smallest absolute Gasteiger partial charge is 0.259 e. The molecule has 198 valence electrons. The maximum atomic E-state index is 13.6. The number of nitriles is 1. The van der Waals surface area contributed by atoms with Gasteiger partial charge in [-0.1, -0.05) is 11.6 Å². The van der Waals surface area contributed by atoms with Crippen molar-refractivity contribution in [3.63, 3.8) is 0 Å². The fraction of sp³-hybridized carbons (Fsp3) is 0.321. The molecule has 6 rings (SSSR count). The summed E-state index contributed by atoms with van der Waals surface area (Å²) in [7, 11) is 1.79. The van der Waals surface area contributed by atoms with Crippen LogP contribution in [0.5, 0.6) is 0 Å². The fourth-order valence-corrected chi connectivity index (χ4v) is 5.76. The molecule has 1 saturated heterocycles. The number of fused-ring (bicyclic) bond motifs is 3. The molecule has 1 aliphatic heterocycles. The second-order valence-electron chi connectivity index (χ2n) is 9.96. The number of aromatic nitrogens is 6. The zero-order valence-corrected chi connectivity index (χ0v) is 22.5. The van der Waals surface area contributed by atoms with E-state index in [0.717, 1.165) is 64.9 Å². The van der Waals surface area contributed by atoms with Crippen LogP contribution in [0.1, 0.15) is 35.7 Å². The largest absolute Gasteiger partial charge is 0.383 e. The zero-order chi connectivity index (χ0) is 27.1. The van der Waals surface area contributed by atoms with E-state index >= 15 is 0 Å². The molecule has 3 N–H and O–H groups in total. The second kappa shape index (κ2) is 10.2. The van der Waals surface area contributed by atoms with Crippen molar-refractivity contribution in [3.8, 4) is 17.3 Å². The first-order valence-corrected chi connectivity index (χ1v) is 13.4. The molecule has 0 saturated carbocycles. The van der Waals surface area contributed by atoms with Gasteiger partial charge in [0.05, 0.1) is 41.4 Å². The molecule has 1 aliphatic rings. The van der Waals surface area contributed by atoms with Crippen LogP contribution in [-0.2, 0) is 13.5 Å². The fourth-order valence-electron chi connectivity index (χ4n) is 5.62. The van der Waals surface area contributed by atoms with Gasteiger partial charge in [0.15, 0.2) is 0 Å². The van der Waals surface area contributed by atoms with Crippen LogP contribution >= 0.6 is 11.6 Å². The number of aryl methyl sites for hydroxylation is 2. The van der Waals surface area contributed by atoms with Crippen molar-refractivity contribution in [2.75, 3.05) is 25.0 Å². The normalized spacial score (nSPS) is 14.2. The first kappa shape index (κ1) is 25.1. The second-order valence-corrected chi connectivity index (χ2v) is 10.3. The molecule has 0 radical (unpaired) electrons. The Kier molecular flexibility index (Phi) is 6.54. The molecule has 5 heterocycles. The van der Waals surface area contributed by atoms with E-state index in [4.69, 9.17) is 16.7 Å². The predicted octanol–water partition coefficient (Wildman–Crippen LogP) is 4.09. The molecule has 4 aromatic heterocycles. The molecular formula is C28H28ClN9O. The Morgan fingerprint density at radius 3 is 2.77 bits per heavy atom. The number of hydrogen-bond acceptors (Lipinski definition) is 7. The van der Waals surface area contributed by atoms with Crippen molar-refractivity contribution in [3.05, 3.63) is 69.0 Å². The summed E-state index contributed by atoms with van der Waals surface area (Å²) >= 11 is 6.21. The van der Waals surface area contributed by atoms with Crippen LogP contribution in [0.4, 0.5) is 5.69 Å². The number of piperidine rings is 1. The average Bonchev–Trinajstić information content (AvgIpc) is 3.59. The topological polar surface area (TPSA) is 129 Å². The van der Waals surface area contributed by atoms with Crippen LogP contribution < -0.4 is 16.2 Å². The van der Waals surface area contributed by atoms with E-state index < -0.39 is 0 Å². The van der Waals surface area contributed by atoms with Crippen LogP contribution in [0, 0.1) is 18.3 Å². The number of anilines is 1. The minimum absolute atomic E-state index is 0.126. The van der Waals surface area contributed by atoms with Crippen molar-refractivity contribution in [1.82, 2.24) is 34.8 Å². The number of halogens is 1. The number of H-pyrrole nitrogens is 1. The minimum Gasteiger partial charge on any atom is -0.383 e. The van der Waals surface area contributed by atoms with Crippen molar-refractivity contribution in [1.29, 1.82) is 5.26 Å². The summed E-state index contributed by atoms with van der Waals surface area (Å²) < 4.78 is 3.69. The third-order valence-electron chi connectivity index (χ3n) is 7.55. The highest BCUT2D eigenvalue weighted by Crippen LogP contribution is 2.32. The van der Waals surface area contributed by atoms with Gasteiger partial charge in [0.2, 0.25) is 0 Å². The summed E-state index contributed by atoms with van der Waals surface area (Å²) in [5, 5.41) is 31.1. The molecule has 1 aromatic carbocycles. The van der Waals surface area contributed by atoms with Gasteiger partial charge < -0.3 is 10.6 Å². The van der Waals surface area contributed by atoms with E-state index in [9.17, 15) is 10.1 Å². The molecule has 11 heteroatoms. The first-order chi connectivity index (χ1) is 19.0. The Labute approximate surface area is 229 Å². The van der Waals surface area contributed by atoms with Crippen molar-refractivity contribution >= 4 is 39.1 Å². The molecule has 0 spiro atoms. The molecule has 1 fully saturated rings. The van der Waals surface area contributed by atoms with Gasteiger partial charge >= 0.3 is 0 Å². The molecule has 10 nitrogen and oxygen atoms in total. The highest BCUT2D eigenvalue weighted by Gasteiger charge is 2.23. The number of rotatable bonds is 6. The Hall–Kier alpha value is -4.20. The summed E-state index contributed by atoms with van der Waals surface area (Å²) in [6.07, 6.45) is 6.10. The Bertz CT molecular complexity index is 1800. The lowest BCUT2D eigenvalue weighted by Crippen LogP contribution is -2.31. The van der Waals surface area contributed by atoms with Crippen LogP contribution in [0.15, 0.2) is 41.5 Å². The Balaban J connectivity index is 1.41. The molecule has 5 aromatic rings. The molecular weight excluding hydrogens is 514 g/mol. The van der Waals surface area contributed by atoms with Gasteiger partial charge in [-0.2, -0.15) is 15.5 Å². The van der Waals surface area contributed by atoms with E-state index in [-0.39, 0.29) is 11.6 Å². The molecule has 0 amide bonds. The Morgan fingerprint density at radius 1 is 1.21 bits per heavy atom. The molecule has 0 atom stereocenters. The van der Waals surface area contributed by atoms with E-state index in [1.807, 2.05) is 29.9 Å². The number of hydrogen-bond donors (Lipinski definition) is 3. The molecule has 0 aliphatic carbocycles. The van der Waals surface area contributed by atoms with Crippen molar-refractivity contribution in [2.45, 2.75) is 32.2 Å². The van der Waals surface area contributed by atoms with E-state index in [1.165, 1.54) is 0 Å². The molecule has 0 unspecified atom stereocenters. The minimum atomic E-state index is -0.126. The lowest BCUT2D eigenvalue weighted by molar-refractivity contribution is 0.348. The number of nitrogens with zero attached hydrogens (tertiary/aromatic N) is 6. The average molecular weight is 542 g/mol. The highest BCUT2D eigenvalue weighted by atomic mass is 35.5. The van der Waals surface area contributed by atoms with Gasteiger partial charge in [-0.3, -0.25) is 14.5 Å². The standard InChI is InChI=1S/C28H28ClN9O/c1-16-21(14-33-36-16)26-23(3-4-24(29)35-26)32-10-5-18-11-17(13-30)12-20-25(18)22-15-34-38(19-6-8-31-9-7-19)27(22)37(2)28(20)39/h3-4,11-12,14-15,19,31-32H,5-10H2,1-2H3,(H,33,36). The summed E-state index contributed by atoms with van der Waals surface area (Å²) in [6.45, 7) is 4.34. The zero-order valence-electron chi connectivity index (χ0n) is 21.8. The summed E-state index contributed by atoms with van der Waals surface area (Å²) in [5.74, 6) is 0. The SMILES string of the molecule is Cc1[nH]ncc1-c1nc(Cl)ccc1NCCc1cc(C#N)cc2c(=O)n(C)c3c(cnn3C3CCNCC3)c12. The number of nitrogens with one attached hydrogen (secondary N) is 3. The van der Waals surface area contributed by atoms with Crippen molar-refractivity contribution in [2.24, 2.45) is 7.05 Å². The van der Waals surface area contributed by atoms with Crippen LogP contribution in [0.25, 0.3) is 33.1 Å². The monoisotopic (exact) mass is 541 g/mol. The van der Waals surface area contributed by atoms with Gasteiger partial charge in [-0.25, -0.2) is 9.67 Å². The van der Waals surface area contributed by atoms with E-state index in [0.29, 0.717) is 34.8 Å². The van der Waals surface area contributed by atoms with Gasteiger partial charge in [-0.15, -0.1) is 0 Å². The highest BCUT2D eigenvalue weighted by molar-refractivity contribution is 6.29. The van der Waals surface area contributed by atoms with Gasteiger partial charge in [-0.05, 0) is 69.1 Å². The lowest BCUT2D eigenvalue weighted by Gasteiger charge is -2.24. The molecule has 0 bridgehead atoms. The summed E-state index contributed by atoms with van der Waals surface area (Å²) in [5.41, 5.74) is 5.37. The van der Waals surface area contributed by atoms with Crippen LogP contribution in [0.2, 0.25) is 5.15 Å². The number of benzene rings is 1. The third kappa shape index (κ3) is 4.43. The van der Waals surface area contributed by atoms with Crippen LogP contribution in [0.3, 0.4) is 0 Å². The van der Waals surface area contributed by atoms with E-state index in [1.54, 1.807) is 29.9 Å². The maximum absolute atomic E-state index is 13.6. The molecule has 39 heavy (non-hydrogen) atoms.